The summed E-state index contributed by atoms with van der Waals surface area (Å²) >= 11 is 14.9. The largest absolute Gasteiger partial charge is 0.392 e. The topological polar surface area (TPSA) is 45.4 Å². The van der Waals surface area contributed by atoms with Gasteiger partial charge in [0.05, 0.1) is 16.1 Å². The number of thiocarbonyl (C=S) groups is 1. The molecule has 116 valence electrons. The predicted octanol–water partition coefficient (Wildman–Crippen LogP) is 3.07. The van der Waals surface area contributed by atoms with Crippen LogP contribution in [0.2, 0.25) is 5.02 Å². The van der Waals surface area contributed by atoms with E-state index in [1.165, 1.54) is 0 Å². The molecule has 0 aromatic carbocycles. The molecule has 1 saturated heterocycles. The van der Waals surface area contributed by atoms with Gasteiger partial charge in [-0.3, -0.25) is 4.90 Å². The Bertz CT molecular complexity index is 506. The van der Waals surface area contributed by atoms with Crippen molar-refractivity contribution in [1.29, 1.82) is 0 Å². The number of hydrogen-bond donors (Lipinski definition) is 1. The molecule has 1 unspecified atom stereocenters. The number of hydrogen-bond acceptors (Lipinski definition) is 4. The molecule has 1 aromatic rings. The Labute approximate surface area is 144 Å². The maximum Gasteiger partial charge on any atom is 0.147 e. The fourth-order valence-electron chi connectivity index (χ4n) is 2.66. The summed E-state index contributed by atoms with van der Waals surface area (Å²) in [4.78, 5) is 9.61. The SMILES string of the molecule is CCCC(C(N)=S)N1CCN(c2ncc(Br)cc2Cl)CC1. The van der Waals surface area contributed by atoms with Crippen molar-refractivity contribution in [2.45, 2.75) is 25.8 Å². The summed E-state index contributed by atoms with van der Waals surface area (Å²) in [6, 6.07) is 2.09. The fourth-order valence-corrected chi connectivity index (χ4v) is 3.68. The fraction of sp³-hybridized carbons (Fsp3) is 0.571. The zero-order chi connectivity index (χ0) is 15.4. The molecule has 1 aliphatic rings. The number of anilines is 1. The van der Waals surface area contributed by atoms with Gasteiger partial charge in [0.1, 0.15) is 5.82 Å². The van der Waals surface area contributed by atoms with Crippen LogP contribution in [-0.2, 0) is 0 Å². The average molecular weight is 392 g/mol. The van der Waals surface area contributed by atoms with Crippen molar-refractivity contribution in [3.05, 3.63) is 21.8 Å². The monoisotopic (exact) mass is 390 g/mol. The summed E-state index contributed by atoms with van der Waals surface area (Å²) in [5, 5.41) is 0.678. The zero-order valence-corrected chi connectivity index (χ0v) is 15.2. The number of halogens is 2. The van der Waals surface area contributed by atoms with E-state index in [0.29, 0.717) is 10.0 Å². The van der Waals surface area contributed by atoms with Gasteiger partial charge in [-0.05, 0) is 28.4 Å². The van der Waals surface area contributed by atoms with Gasteiger partial charge in [0.15, 0.2) is 0 Å². The van der Waals surface area contributed by atoms with Crippen LogP contribution in [0, 0.1) is 0 Å². The molecule has 0 aliphatic carbocycles. The zero-order valence-electron chi connectivity index (χ0n) is 12.1. The number of nitrogens with two attached hydrogens (primary N) is 1. The summed E-state index contributed by atoms with van der Waals surface area (Å²) in [5.41, 5.74) is 5.88. The molecule has 1 atom stereocenters. The van der Waals surface area contributed by atoms with Gasteiger partial charge in [-0.15, -0.1) is 0 Å². The summed E-state index contributed by atoms with van der Waals surface area (Å²) in [6.07, 6.45) is 3.89. The smallest absolute Gasteiger partial charge is 0.147 e. The predicted molar refractivity (Wildman–Crippen MR) is 96.2 cm³/mol. The number of aromatic nitrogens is 1. The molecule has 0 saturated carbocycles. The molecule has 0 bridgehead atoms. The normalized spacial score (nSPS) is 17.8. The van der Waals surface area contributed by atoms with Crippen molar-refractivity contribution in [3.63, 3.8) is 0 Å². The van der Waals surface area contributed by atoms with Crippen LogP contribution in [0.5, 0.6) is 0 Å². The number of piperazine rings is 1. The molecule has 1 aliphatic heterocycles. The van der Waals surface area contributed by atoms with Crippen LogP contribution in [0.25, 0.3) is 0 Å². The van der Waals surface area contributed by atoms with Crippen molar-refractivity contribution in [2.75, 3.05) is 31.1 Å². The molecule has 2 N–H and O–H groups in total. The van der Waals surface area contributed by atoms with Gasteiger partial charge in [-0.2, -0.15) is 0 Å². The average Bonchev–Trinajstić information content (AvgIpc) is 2.45. The lowest BCUT2D eigenvalue weighted by Gasteiger charge is -2.39. The minimum Gasteiger partial charge on any atom is -0.392 e. The Hall–Kier alpha value is -0.430. The van der Waals surface area contributed by atoms with E-state index >= 15 is 0 Å². The molecule has 2 rings (SSSR count). The second kappa shape index (κ2) is 7.72. The van der Waals surface area contributed by atoms with Crippen LogP contribution in [-0.4, -0.2) is 47.1 Å². The lowest BCUT2D eigenvalue weighted by atomic mass is 10.1. The van der Waals surface area contributed by atoms with Crippen molar-refractivity contribution >= 4 is 50.6 Å². The van der Waals surface area contributed by atoms with Gasteiger partial charge in [0, 0.05) is 36.8 Å². The van der Waals surface area contributed by atoms with E-state index in [1.54, 1.807) is 6.20 Å². The van der Waals surface area contributed by atoms with Gasteiger partial charge >= 0.3 is 0 Å². The number of rotatable bonds is 5. The summed E-state index contributed by atoms with van der Waals surface area (Å²) in [7, 11) is 0. The second-order valence-electron chi connectivity index (χ2n) is 5.19. The van der Waals surface area contributed by atoms with E-state index in [4.69, 9.17) is 29.6 Å². The van der Waals surface area contributed by atoms with Crippen LogP contribution in [0.1, 0.15) is 19.8 Å². The molecule has 4 nitrogen and oxygen atoms in total. The van der Waals surface area contributed by atoms with Gasteiger partial charge in [0.25, 0.3) is 0 Å². The van der Waals surface area contributed by atoms with E-state index in [2.05, 4.69) is 37.6 Å². The molecule has 2 heterocycles. The Balaban J connectivity index is 2.01. The molecular formula is C14H20BrClN4S. The molecule has 0 amide bonds. The number of nitrogens with zero attached hydrogens (tertiary/aromatic N) is 3. The van der Waals surface area contributed by atoms with Crippen LogP contribution in [0.3, 0.4) is 0 Å². The third-order valence-electron chi connectivity index (χ3n) is 3.73. The molecule has 0 spiro atoms. The molecule has 21 heavy (non-hydrogen) atoms. The maximum atomic E-state index is 6.27. The highest BCUT2D eigenvalue weighted by Crippen LogP contribution is 2.27. The van der Waals surface area contributed by atoms with Crippen molar-refractivity contribution in [2.24, 2.45) is 5.73 Å². The van der Waals surface area contributed by atoms with Crippen LogP contribution < -0.4 is 10.6 Å². The van der Waals surface area contributed by atoms with Crippen LogP contribution in [0.15, 0.2) is 16.7 Å². The van der Waals surface area contributed by atoms with E-state index in [9.17, 15) is 0 Å². The Morgan fingerprint density at radius 2 is 2.14 bits per heavy atom. The van der Waals surface area contributed by atoms with Gasteiger partial charge in [0.2, 0.25) is 0 Å². The van der Waals surface area contributed by atoms with Gasteiger partial charge < -0.3 is 10.6 Å². The Morgan fingerprint density at radius 1 is 1.48 bits per heavy atom. The summed E-state index contributed by atoms with van der Waals surface area (Å²) in [5.74, 6) is 0.849. The molecule has 1 fully saturated rings. The minimum absolute atomic E-state index is 0.209. The van der Waals surface area contributed by atoms with E-state index < -0.39 is 0 Å². The highest BCUT2D eigenvalue weighted by atomic mass is 79.9. The Kier molecular flexibility index (Phi) is 6.22. The summed E-state index contributed by atoms with van der Waals surface area (Å²) < 4.78 is 0.895. The Morgan fingerprint density at radius 3 is 2.67 bits per heavy atom. The van der Waals surface area contributed by atoms with Crippen molar-refractivity contribution in [3.8, 4) is 0 Å². The third-order valence-corrected chi connectivity index (χ3v) is 4.72. The molecular weight excluding hydrogens is 372 g/mol. The lowest BCUT2D eigenvalue weighted by molar-refractivity contribution is 0.219. The highest BCUT2D eigenvalue weighted by molar-refractivity contribution is 9.10. The first-order chi connectivity index (χ1) is 10.0. The minimum atomic E-state index is 0.209. The quantitative estimate of drug-likeness (QED) is 0.782. The first-order valence-corrected chi connectivity index (χ1v) is 8.70. The summed E-state index contributed by atoms with van der Waals surface area (Å²) in [6.45, 7) is 5.79. The van der Waals surface area contributed by atoms with E-state index in [1.807, 2.05) is 6.07 Å². The third kappa shape index (κ3) is 4.28. The van der Waals surface area contributed by atoms with Crippen LogP contribution >= 0.6 is 39.7 Å². The maximum absolute atomic E-state index is 6.27. The van der Waals surface area contributed by atoms with Gasteiger partial charge in [-0.25, -0.2) is 4.98 Å². The molecule has 1 aromatic heterocycles. The second-order valence-corrected chi connectivity index (χ2v) is 6.98. The van der Waals surface area contributed by atoms with Crippen molar-refractivity contribution in [1.82, 2.24) is 9.88 Å². The van der Waals surface area contributed by atoms with Crippen molar-refractivity contribution < 1.29 is 0 Å². The highest BCUT2D eigenvalue weighted by Gasteiger charge is 2.26. The van der Waals surface area contributed by atoms with E-state index in [-0.39, 0.29) is 6.04 Å². The van der Waals surface area contributed by atoms with Crippen LogP contribution in [0.4, 0.5) is 5.82 Å². The first-order valence-electron chi connectivity index (χ1n) is 7.12. The van der Waals surface area contributed by atoms with Gasteiger partial charge in [-0.1, -0.05) is 37.2 Å². The molecule has 0 radical (unpaired) electrons. The molecule has 7 heteroatoms. The standard InChI is InChI=1S/C14H20BrClN4S/c1-2-3-12(13(17)21)19-4-6-20(7-5-19)14-11(16)8-10(15)9-18-14/h8-9,12H,2-7H2,1H3,(H2,17,21). The lowest BCUT2D eigenvalue weighted by Crippen LogP contribution is -2.54. The number of pyridine rings is 1. The first kappa shape index (κ1) is 16.9. The van der Waals surface area contributed by atoms with E-state index in [0.717, 1.165) is 49.3 Å².